The predicted molar refractivity (Wildman–Crippen MR) is 314 cm³/mol. The highest BCUT2D eigenvalue weighted by Crippen LogP contribution is 2.46. The molecule has 360 valence electrons. The molecule has 3 heteroatoms. The number of hydrogen-bond acceptors (Lipinski definition) is 2. The molecule has 3 unspecified atom stereocenters. The summed E-state index contributed by atoms with van der Waals surface area (Å²) in [5.74, 6) is 0.487. The van der Waals surface area contributed by atoms with Crippen LogP contribution in [0.4, 0.5) is 0 Å². The lowest BCUT2D eigenvalue weighted by Gasteiger charge is -2.29. The van der Waals surface area contributed by atoms with Crippen LogP contribution in [0.25, 0.3) is 88.4 Å². The minimum absolute atomic E-state index is 0.141. The molecule has 2 aliphatic rings. The van der Waals surface area contributed by atoms with Crippen molar-refractivity contribution in [1.29, 1.82) is 0 Å². The Kier molecular flexibility index (Phi) is 11.3. The molecule has 3 atom stereocenters. The minimum Gasteiger partial charge on any atom is -0.456 e. The molecule has 1 aliphatic carbocycles. The van der Waals surface area contributed by atoms with Crippen molar-refractivity contribution in [3.05, 3.63) is 276 Å². The Morgan fingerprint density at radius 3 is 1.96 bits per heavy atom. The monoisotopic (exact) mass is 964 g/mol. The third kappa shape index (κ3) is 8.02. The summed E-state index contributed by atoms with van der Waals surface area (Å²) in [4.78, 5) is 5.95. The average Bonchev–Trinajstić information content (AvgIpc) is 3.95. The van der Waals surface area contributed by atoms with Gasteiger partial charge in [-0.05, 0) is 159 Å². The third-order valence-electron chi connectivity index (χ3n) is 16.4. The number of aromatic nitrogens is 1. The average molecular weight is 965 g/mol. The van der Waals surface area contributed by atoms with E-state index in [1.165, 1.54) is 83.0 Å². The van der Waals surface area contributed by atoms with Crippen LogP contribution in [0.15, 0.2) is 252 Å². The van der Waals surface area contributed by atoms with Crippen molar-refractivity contribution in [2.24, 2.45) is 10.9 Å². The van der Waals surface area contributed by atoms with E-state index >= 15 is 0 Å². The van der Waals surface area contributed by atoms with E-state index in [0.717, 1.165) is 76.6 Å². The van der Waals surface area contributed by atoms with Gasteiger partial charge in [-0.2, -0.15) is 0 Å². The maximum atomic E-state index is 6.86. The molecular weight excluding hydrogens is 909 g/mol. The van der Waals surface area contributed by atoms with E-state index in [1.807, 2.05) is 0 Å². The van der Waals surface area contributed by atoms with Gasteiger partial charge in [-0.1, -0.05) is 195 Å². The first-order valence-corrected chi connectivity index (χ1v) is 26.9. The summed E-state index contributed by atoms with van der Waals surface area (Å²) in [6.07, 6.45) is 7.26. The van der Waals surface area contributed by atoms with Gasteiger partial charge < -0.3 is 8.98 Å². The molecule has 0 bridgehead atoms. The highest BCUT2D eigenvalue weighted by Gasteiger charge is 2.30. The van der Waals surface area contributed by atoms with Crippen LogP contribution in [-0.4, -0.2) is 10.3 Å². The molecule has 3 nitrogen and oxygen atoms in total. The molecule has 2 aromatic heterocycles. The van der Waals surface area contributed by atoms with Crippen molar-refractivity contribution >= 4 is 55.0 Å². The number of benzene rings is 10. The van der Waals surface area contributed by atoms with Gasteiger partial charge in [-0.3, -0.25) is 4.99 Å². The van der Waals surface area contributed by atoms with Gasteiger partial charge in [0, 0.05) is 44.8 Å². The molecule has 0 saturated heterocycles. The summed E-state index contributed by atoms with van der Waals surface area (Å²) in [6, 6.07) is 87.1. The van der Waals surface area contributed by atoms with Gasteiger partial charge in [0.05, 0.1) is 17.1 Å². The van der Waals surface area contributed by atoms with Crippen molar-refractivity contribution in [3.8, 4) is 39.1 Å². The molecule has 3 heterocycles. The molecule has 0 radical (unpaired) electrons. The van der Waals surface area contributed by atoms with E-state index in [0.29, 0.717) is 5.92 Å². The van der Waals surface area contributed by atoms with Crippen LogP contribution in [0.1, 0.15) is 77.9 Å². The number of aliphatic imine (C=N–C) groups is 1. The van der Waals surface area contributed by atoms with Gasteiger partial charge in [-0.25, -0.2) is 0 Å². The largest absolute Gasteiger partial charge is 0.456 e. The summed E-state index contributed by atoms with van der Waals surface area (Å²) in [5, 5.41) is 4.82. The zero-order valence-corrected chi connectivity index (χ0v) is 42.2. The molecule has 0 N–H and O–H groups in total. The molecule has 0 amide bonds. The fraction of sp³-hybridized carbons (Fsp3) is 0.125. The topological polar surface area (TPSA) is 30.4 Å². The second-order valence-electron chi connectivity index (χ2n) is 20.6. The zero-order chi connectivity index (χ0) is 49.8. The van der Waals surface area contributed by atoms with Gasteiger partial charge in [-0.15, -0.1) is 0 Å². The van der Waals surface area contributed by atoms with E-state index < -0.39 is 0 Å². The highest BCUT2D eigenvalue weighted by atomic mass is 16.3. The number of allylic oxidation sites excluding steroid dienone is 1. The van der Waals surface area contributed by atoms with Crippen LogP contribution in [0, 0.1) is 5.92 Å². The third-order valence-corrected chi connectivity index (χ3v) is 16.4. The zero-order valence-electron chi connectivity index (χ0n) is 42.2. The lowest BCUT2D eigenvalue weighted by molar-refractivity contribution is 0.519. The quantitative estimate of drug-likeness (QED) is 0.149. The maximum Gasteiger partial charge on any atom is 0.136 e. The van der Waals surface area contributed by atoms with Crippen molar-refractivity contribution in [1.82, 2.24) is 4.57 Å². The van der Waals surface area contributed by atoms with E-state index in [2.05, 4.69) is 254 Å². The number of rotatable bonds is 8. The molecular formula is C72H56N2O. The molecule has 10 aromatic carbocycles. The Balaban J connectivity index is 0.877. The highest BCUT2D eigenvalue weighted by molar-refractivity contribution is 6.11. The lowest BCUT2D eigenvalue weighted by atomic mass is 9.80. The summed E-state index contributed by atoms with van der Waals surface area (Å²) >= 11 is 0. The lowest BCUT2D eigenvalue weighted by Crippen LogP contribution is -2.18. The van der Waals surface area contributed by atoms with Crippen molar-refractivity contribution in [2.75, 3.05) is 0 Å². The first-order valence-electron chi connectivity index (χ1n) is 26.9. The van der Waals surface area contributed by atoms with Crippen LogP contribution in [0.2, 0.25) is 0 Å². The van der Waals surface area contributed by atoms with Gasteiger partial charge >= 0.3 is 0 Å². The molecule has 12 aromatic rings. The molecule has 14 rings (SSSR count). The Hall–Kier alpha value is -8.79. The number of para-hydroxylation sites is 1. The van der Waals surface area contributed by atoms with Gasteiger partial charge in [0.2, 0.25) is 0 Å². The van der Waals surface area contributed by atoms with Crippen LogP contribution >= 0.6 is 0 Å². The van der Waals surface area contributed by atoms with Crippen molar-refractivity contribution < 1.29 is 4.42 Å². The first-order chi connectivity index (χ1) is 37.1. The predicted octanol–water partition coefficient (Wildman–Crippen LogP) is 19.2. The van der Waals surface area contributed by atoms with E-state index in [1.54, 1.807) is 0 Å². The fourth-order valence-corrected chi connectivity index (χ4v) is 12.8. The summed E-state index contributed by atoms with van der Waals surface area (Å²) in [6.45, 7) is 2.32. The van der Waals surface area contributed by atoms with Gasteiger partial charge in [0.1, 0.15) is 11.2 Å². The molecule has 0 saturated carbocycles. The number of hydrogen-bond donors (Lipinski definition) is 0. The number of aryl methyl sites for hydroxylation is 1. The maximum absolute atomic E-state index is 6.86. The van der Waals surface area contributed by atoms with Crippen LogP contribution in [0.3, 0.4) is 0 Å². The van der Waals surface area contributed by atoms with Gasteiger partial charge in [0.15, 0.2) is 0 Å². The van der Waals surface area contributed by atoms with Crippen molar-refractivity contribution in [3.63, 3.8) is 0 Å². The van der Waals surface area contributed by atoms with Crippen LogP contribution in [-0.2, 0) is 6.42 Å². The number of furan rings is 1. The Morgan fingerprint density at radius 2 is 1.13 bits per heavy atom. The van der Waals surface area contributed by atoms with Crippen molar-refractivity contribution in [2.45, 2.75) is 51.0 Å². The Bertz CT molecular complexity index is 4180. The molecule has 0 spiro atoms. The Labute approximate surface area is 438 Å². The number of fused-ring (bicyclic) bond motifs is 9. The first kappa shape index (κ1) is 44.9. The second-order valence-corrected chi connectivity index (χ2v) is 20.6. The standard InChI is InChI=1S/C72H56N2O/c1-2-57-58(48-21-8-4-9-22-48)32-18-33-67(73-72(57)55-37-40-64-63-39-35-52(44-70(63)75-71(64)45-55)51-26-16-25-50(41-51)47-19-6-3-7-20-47)54-27-17-28-56(42-54)74-68-34-15-14-31-62(68)66-43-53-36-38-59(49-23-10-5-11-24-49)60-29-12-13-30-61(60)65(53)46-69(66)74/h3-17,19-32,34-35,37,39-46,57,59,72H,2,18,33,36,38H2,1H3/b58-32-,73-67?. The molecule has 0 fully saturated rings. The van der Waals surface area contributed by atoms with E-state index in [4.69, 9.17) is 9.41 Å². The van der Waals surface area contributed by atoms with Crippen LogP contribution < -0.4 is 0 Å². The molecule has 75 heavy (non-hydrogen) atoms. The number of nitrogens with zero attached hydrogens (tertiary/aromatic N) is 2. The van der Waals surface area contributed by atoms with Crippen LogP contribution in [0.5, 0.6) is 0 Å². The second kappa shape index (κ2) is 18.9. The van der Waals surface area contributed by atoms with Gasteiger partial charge in [0.25, 0.3) is 0 Å². The summed E-state index contributed by atoms with van der Waals surface area (Å²) < 4.78 is 9.36. The minimum atomic E-state index is -0.141. The Morgan fingerprint density at radius 1 is 0.467 bits per heavy atom. The molecule has 1 aliphatic heterocycles. The smallest absolute Gasteiger partial charge is 0.136 e. The van der Waals surface area contributed by atoms with E-state index in [-0.39, 0.29) is 12.0 Å². The summed E-state index contributed by atoms with van der Waals surface area (Å²) in [7, 11) is 0. The summed E-state index contributed by atoms with van der Waals surface area (Å²) in [5.41, 5.74) is 23.1. The van der Waals surface area contributed by atoms with E-state index in [9.17, 15) is 0 Å². The normalized spacial score (nSPS) is 17.4. The fourth-order valence-electron chi connectivity index (χ4n) is 12.8. The SMILES string of the molecule is CCC1/C(c2ccccc2)=C\CCC(c2cccc(-n3c4ccccc4c4cc5c(cc43)-c3ccccc3C(c3ccccc3)CC5)c2)=NC1c1ccc2c(c1)oc1cc(-c3cccc(-c4ccccc4)c3)ccc12.